The minimum Gasteiger partial charge on any atom is -0.367 e. The van der Waals surface area contributed by atoms with Crippen molar-refractivity contribution in [1.29, 1.82) is 0 Å². The molecule has 1 aliphatic heterocycles. The lowest BCUT2D eigenvalue weighted by Gasteiger charge is -2.19. The third kappa shape index (κ3) is 1.68. The number of hydrogen-bond acceptors (Lipinski definition) is 3. The van der Waals surface area contributed by atoms with E-state index in [9.17, 15) is 0 Å². The number of nitrogens with zero attached hydrogens (tertiary/aromatic N) is 2. The van der Waals surface area contributed by atoms with Gasteiger partial charge in [0.05, 0.1) is 5.88 Å². The Labute approximate surface area is 87.9 Å². The van der Waals surface area contributed by atoms with Crippen LogP contribution in [-0.2, 0) is 4.84 Å². The Morgan fingerprint density at radius 3 is 2.79 bits per heavy atom. The second-order valence-corrected chi connectivity index (χ2v) is 3.49. The van der Waals surface area contributed by atoms with Crippen LogP contribution in [0.4, 0.5) is 5.69 Å². The zero-order valence-electron chi connectivity index (χ0n) is 7.85. The van der Waals surface area contributed by atoms with Crippen molar-refractivity contribution in [3.63, 3.8) is 0 Å². The number of alkyl halides is 1. The maximum absolute atomic E-state index is 5.74. The van der Waals surface area contributed by atoms with E-state index in [1.165, 1.54) is 5.56 Å². The first-order chi connectivity index (χ1) is 6.81. The first-order valence-corrected chi connectivity index (χ1v) is 4.95. The molecule has 0 aromatic heterocycles. The van der Waals surface area contributed by atoms with Crippen molar-refractivity contribution >= 4 is 23.6 Å². The van der Waals surface area contributed by atoms with E-state index in [0.717, 1.165) is 5.69 Å². The average Bonchev–Trinajstić information content (AvgIpc) is 2.67. The van der Waals surface area contributed by atoms with Gasteiger partial charge in [-0.05, 0) is 19.1 Å². The fourth-order valence-electron chi connectivity index (χ4n) is 1.33. The van der Waals surface area contributed by atoms with Crippen LogP contribution in [0.1, 0.15) is 5.56 Å². The number of anilines is 1. The van der Waals surface area contributed by atoms with E-state index in [1.807, 2.05) is 29.2 Å². The summed E-state index contributed by atoms with van der Waals surface area (Å²) in [5.41, 5.74) is 2.27. The van der Waals surface area contributed by atoms with Gasteiger partial charge in [-0.3, -0.25) is 4.90 Å². The highest BCUT2D eigenvalue weighted by atomic mass is 35.5. The Morgan fingerprint density at radius 1 is 1.43 bits per heavy atom. The summed E-state index contributed by atoms with van der Waals surface area (Å²) in [5, 5.41) is 3.73. The Morgan fingerprint density at radius 2 is 2.14 bits per heavy atom. The highest BCUT2D eigenvalue weighted by Crippen LogP contribution is 2.20. The van der Waals surface area contributed by atoms with Crippen molar-refractivity contribution in [2.75, 3.05) is 10.8 Å². The summed E-state index contributed by atoms with van der Waals surface area (Å²) in [7, 11) is 0. The minimum absolute atomic E-state index is 0.181. The Hall–Kier alpha value is -1.22. The molecule has 1 aliphatic rings. The lowest BCUT2D eigenvalue weighted by molar-refractivity contribution is 0.103. The second-order valence-electron chi connectivity index (χ2n) is 3.18. The van der Waals surface area contributed by atoms with E-state index < -0.39 is 0 Å². The van der Waals surface area contributed by atoms with Crippen LogP contribution in [0, 0.1) is 6.92 Å². The summed E-state index contributed by atoms with van der Waals surface area (Å²) in [6.07, 6.45) is 1.47. The van der Waals surface area contributed by atoms with Crippen LogP contribution in [0.3, 0.4) is 0 Å². The second kappa shape index (κ2) is 3.88. The van der Waals surface area contributed by atoms with E-state index in [1.54, 1.807) is 6.34 Å². The molecule has 3 nitrogen and oxygen atoms in total. The normalized spacial score (nSPS) is 19.9. The van der Waals surface area contributed by atoms with Gasteiger partial charge in [-0.25, -0.2) is 0 Å². The first-order valence-electron chi connectivity index (χ1n) is 4.41. The molecule has 1 unspecified atom stereocenters. The quantitative estimate of drug-likeness (QED) is 0.700. The third-order valence-corrected chi connectivity index (χ3v) is 2.39. The number of oxime groups is 1. The van der Waals surface area contributed by atoms with Gasteiger partial charge in [0, 0.05) is 5.69 Å². The lowest BCUT2D eigenvalue weighted by Crippen LogP contribution is -2.31. The van der Waals surface area contributed by atoms with E-state index in [-0.39, 0.29) is 6.23 Å². The van der Waals surface area contributed by atoms with Gasteiger partial charge >= 0.3 is 0 Å². The molecule has 0 spiro atoms. The molecular formula is C10H11ClN2O. The summed E-state index contributed by atoms with van der Waals surface area (Å²) in [5.74, 6) is 0.397. The molecule has 2 rings (SSSR count). The number of rotatable bonds is 2. The SMILES string of the molecule is Cc1ccc(N2C=NOC2CCl)cc1. The Bertz CT molecular complexity index is 336. The topological polar surface area (TPSA) is 24.8 Å². The van der Waals surface area contributed by atoms with Gasteiger partial charge in [-0.1, -0.05) is 22.9 Å². The number of benzene rings is 1. The van der Waals surface area contributed by atoms with Crippen LogP contribution in [0.25, 0.3) is 0 Å². The highest BCUT2D eigenvalue weighted by Gasteiger charge is 2.22. The zero-order valence-corrected chi connectivity index (χ0v) is 8.61. The molecule has 0 bridgehead atoms. The van der Waals surface area contributed by atoms with Crippen molar-refractivity contribution < 1.29 is 4.84 Å². The zero-order chi connectivity index (χ0) is 9.97. The predicted octanol–water partition coefficient (Wildman–Crippen LogP) is 2.34. The molecule has 0 saturated heterocycles. The summed E-state index contributed by atoms with van der Waals surface area (Å²) in [6, 6.07) is 8.14. The van der Waals surface area contributed by atoms with E-state index in [0.29, 0.717) is 5.88 Å². The molecule has 4 heteroatoms. The Balaban J connectivity index is 2.22. The molecule has 14 heavy (non-hydrogen) atoms. The number of hydrogen-bond donors (Lipinski definition) is 0. The van der Waals surface area contributed by atoms with Gasteiger partial charge < -0.3 is 4.84 Å². The molecule has 0 amide bonds. The average molecular weight is 211 g/mol. The van der Waals surface area contributed by atoms with E-state index in [2.05, 4.69) is 12.1 Å². The maximum atomic E-state index is 5.74. The molecule has 1 heterocycles. The van der Waals surface area contributed by atoms with Gasteiger partial charge in [-0.15, -0.1) is 11.6 Å². The molecule has 1 atom stereocenters. The molecule has 74 valence electrons. The summed E-state index contributed by atoms with van der Waals surface area (Å²) < 4.78 is 0. The van der Waals surface area contributed by atoms with Gasteiger partial charge in [0.1, 0.15) is 6.34 Å². The van der Waals surface area contributed by atoms with Crippen molar-refractivity contribution in [2.45, 2.75) is 13.2 Å². The van der Waals surface area contributed by atoms with Crippen LogP contribution in [0.15, 0.2) is 29.4 Å². The fourth-order valence-corrected chi connectivity index (χ4v) is 1.53. The Kier molecular flexibility index (Phi) is 2.59. The van der Waals surface area contributed by atoms with E-state index >= 15 is 0 Å². The predicted molar refractivity (Wildman–Crippen MR) is 57.7 cm³/mol. The van der Waals surface area contributed by atoms with Crippen molar-refractivity contribution in [2.24, 2.45) is 5.16 Å². The molecule has 0 fully saturated rings. The number of aryl methyl sites for hydroxylation is 1. The lowest BCUT2D eigenvalue weighted by atomic mass is 10.2. The maximum Gasteiger partial charge on any atom is 0.218 e. The third-order valence-electron chi connectivity index (χ3n) is 2.13. The number of halogens is 1. The largest absolute Gasteiger partial charge is 0.367 e. The molecule has 1 aromatic carbocycles. The summed E-state index contributed by atoms with van der Waals surface area (Å²) in [6.45, 7) is 2.05. The smallest absolute Gasteiger partial charge is 0.218 e. The van der Waals surface area contributed by atoms with Crippen molar-refractivity contribution in [1.82, 2.24) is 0 Å². The van der Waals surface area contributed by atoms with Crippen LogP contribution in [0.2, 0.25) is 0 Å². The van der Waals surface area contributed by atoms with Crippen LogP contribution < -0.4 is 4.90 Å². The van der Waals surface area contributed by atoms with Crippen molar-refractivity contribution in [3.8, 4) is 0 Å². The molecule has 0 aliphatic carbocycles. The molecule has 0 saturated carbocycles. The standard InChI is InChI=1S/C10H11ClN2O/c1-8-2-4-9(5-3-8)13-7-12-14-10(13)6-11/h2-5,7,10H,6H2,1H3. The van der Waals surface area contributed by atoms with Crippen LogP contribution in [0.5, 0.6) is 0 Å². The summed E-state index contributed by atoms with van der Waals surface area (Å²) >= 11 is 5.74. The summed E-state index contributed by atoms with van der Waals surface area (Å²) in [4.78, 5) is 6.97. The first kappa shape index (κ1) is 9.34. The van der Waals surface area contributed by atoms with Gasteiger partial charge in [0.2, 0.25) is 6.23 Å². The van der Waals surface area contributed by atoms with Crippen LogP contribution >= 0.6 is 11.6 Å². The molecule has 1 aromatic rings. The minimum atomic E-state index is -0.181. The van der Waals surface area contributed by atoms with Gasteiger partial charge in [0.15, 0.2) is 0 Å². The highest BCUT2D eigenvalue weighted by molar-refractivity contribution is 6.18. The van der Waals surface area contributed by atoms with Gasteiger partial charge in [0.25, 0.3) is 0 Å². The van der Waals surface area contributed by atoms with Gasteiger partial charge in [-0.2, -0.15) is 0 Å². The molecule has 0 N–H and O–H groups in total. The van der Waals surface area contributed by atoms with Crippen molar-refractivity contribution in [3.05, 3.63) is 29.8 Å². The molecular weight excluding hydrogens is 200 g/mol. The fraction of sp³-hybridized carbons (Fsp3) is 0.300. The van der Waals surface area contributed by atoms with E-state index in [4.69, 9.17) is 16.4 Å². The monoisotopic (exact) mass is 210 g/mol. The molecule has 0 radical (unpaired) electrons. The van der Waals surface area contributed by atoms with Crippen LogP contribution in [-0.4, -0.2) is 18.4 Å².